The standard InChI is InChI=1S/C23H17NO3/c25-21-23(26)27-22(24(21)19-14-8-3-9-15-19)20(18-12-6-2-7-13-18)16-17-10-4-1-5-11-17/h1-15H,16H2/b22-20+. The van der Waals surface area contributed by atoms with Crippen molar-refractivity contribution in [1.29, 1.82) is 0 Å². The highest BCUT2D eigenvalue weighted by Gasteiger charge is 2.40. The van der Waals surface area contributed by atoms with Crippen LogP contribution in [-0.2, 0) is 20.7 Å². The summed E-state index contributed by atoms with van der Waals surface area (Å²) >= 11 is 0. The maximum atomic E-state index is 12.5. The van der Waals surface area contributed by atoms with Crippen molar-refractivity contribution in [2.45, 2.75) is 6.42 Å². The van der Waals surface area contributed by atoms with Gasteiger partial charge in [-0.1, -0.05) is 78.9 Å². The Kier molecular flexibility index (Phi) is 4.54. The molecule has 0 bridgehead atoms. The molecule has 0 aromatic heterocycles. The van der Waals surface area contributed by atoms with Crippen LogP contribution in [0.1, 0.15) is 11.1 Å². The highest BCUT2D eigenvalue weighted by Crippen LogP contribution is 2.33. The van der Waals surface area contributed by atoms with Crippen LogP contribution in [0.4, 0.5) is 5.69 Å². The van der Waals surface area contributed by atoms with Gasteiger partial charge in [-0.15, -0.1) is 0 Å². The molecular formula is C23H17NO3. The minimum Gasteiger partial charge on any atom is -0.401 e. The molecule has 1 fully saturated rings. The van der Waals surface area contributed by atoms with Crippen molar-refractivity contribution in [2.24, 2.45) is 0 Å². The number of ether oxygens (including phenoxy) is 1. The Bertz CT molecular complexity index is 996. The van der Waals surface area contributed by atoms with Gasteiger partial charge < -0.3 is 4.74 Å². The van der Waals surface area contributed by atoms with E-state index in [0.29, 0.717) is 12.1 Å². The Balaban J connectivity index is 1.88. The van der Waals surface area contributed by atoms with E-state index < -0.39 is 11.9 Å². The summed E-state index contributed by atoms with van der Waals surface area (Å²) in [5.41, 5.74) is 3.35. The van der Waals surface area contributed by atoms with Gasteiger partial charge in [-0.3, -0.25) is 4.79 Å². The Morgan fingerprint density at radius 1 is 0.741 bits per heavy atom. The number of cyclic esters (lactones) is 1. The first kappa shape index (κ1) is 16.8. The topological polar surface area (TPSA) is 46.6 Å². The molecule has 1 amide bonds. The van der Waals surface area contributed by atoms with Gasteiger partial charge >= 0.3 is 11.9 Å². The third-order valence-electron chi connectivity index (χ3n) is 4.39. The van der Waals surface area contributed by atoms with Crippen LogP contribution in [0.15, 0.2) is 96.9 Å². The lowest BCUT2D eigenvalue weighted by molar-refractivity contribution is -0.145. The summed E-state index contributed by atoms with van der Waals surface area (Å²) in [5.74, 6) is -1.28. The molecule has 0 radical (unpaired) electrons. The molecule has 4 nitrogen and oxygen atoms in total. The third-order valence-corrected chi connectivity index (χ3v) is 4.39. The number of benzene rings is 3. The number of allylic oxidation sites excluding steroid dienone is 1. The molecule has 1 saturated heterocycles. The first-order valence-electron chi connectivity index (χ1n) is 8.68. The molecule has 0 spiro atoms. The molecule has 0 N–H and O–H groups in total. The zero-order valence-electron chi connectivity index (χ0n) is 14.5. The van der Waals surface area contributed by atoms with Gasteiger partial charge in [-0.25, -0.2) is 9.69 Å². The van der Waals surface area contributed by atoms with Crippen molar-refractivity contribution in [3.05, 3.63) is 108 Å². The summed E-state index contributed by atoms with van der Waals surface area (Å²) < 4.78 is 5.45. The molecule has 4 heteroatoms. The fourth-order valence-corrected chi connectivity index (χ4v) is 3.11. The summed E-state index contributed by atoms with van der Waals surface area (Å²) in [6.07, 6.45) is 0.532. The van der Waals surface area contributed by atoms with Crippen molar-refractivity contribution in [2.75, 3.05) is 4.90 Å². The van der Waals surface area contributed by atoms with Gasteiger partial charge in [0.05, 0.1) is 5.69 Å². The number of hydrogen-bond acceptors (Lipinski definition) is 3. The summed E-state index contributed by atoms with van der Waals surface area (Å²) in [7, 11) is 0. The number of amides is 1. The maximum absolute atomic E-state index is 12.5. The molecule has 3 aromatic carbocycles. The SMILES string of the molecule is O=C1O/C(=C(\Cc2ccccc2)c2ccccc2)N(c2ccccc2)C1=O. The lowest BCUT2D eigenvalue weighted by Crippen LogP contribution is -2.26. The monoisotopic (exact) mass is 355 g/mol. The van der Waals surface area contributed by atoms with E-state index in [1.165, 1.54) is 4.90 Å². The number of nitrogens with zero attached hydrogens (tertiary/aromatic N) is 1. The minimum atomic E-state index is -0.865. The van der Waals surface area contributed by atoms with Crippen LogP contribution in [0.3, 0.4) is 0 Å². The van der Waals surface area contributed by atoms with E-state index in [1.54, 1.807) is 12.1 Å². The number of esters is 1. The lowest BCUT2D eigenvalue weighted by Gasteiger charge is -2.19. The quantitative estimate of drug-likeness (QED) is 0.521. The number of hydrogen-bond donors (Lipinski definition) is 0. The Morgan fingerprint density at radius 2 is 1.30 bits per heavy atom. The van der Waals surface area contributed by atoms with E-state index >= 15 is 0 Å². The van der Waals surface area contributed by atoms with Crippen LogP contribution in [0.5, 0.6) is 0 Å². The molecule has 1 heterocycles. The van der Waals surface area contributed by atoms with E-state index in [1.807, 2.05) is 78.9 Å². The maximum Gasteiger partial charge on any atom is 0.404 e. The average molecular weight is 355 g/mol. The molecule has 4 rings (SSSR count). The van der Waals surface area contributed by atoms with Crippen LogP contribution in [0.25, 0.3) is 5.57 Å². The molecule has 0 saturated carbocycles. The van der Waals surface area contributed by atoms with E-state index in [2.05, 4.69) is 0 Å². The van der Waals surface area contributed by atoms with Gasteiger partial charge in [0.1, 0.15) is 0 Å². The van der Waals surface area contributed by atoms with E-state index in [4.69, 9.17) is 4.74 Å². The van der Waals surface area contributed by atoms with Crippen molar-refractivity contribution in [3.8, 4) is 0 Å². The molecule has 1 aliphatic heterocycles. The molecule has 1 aliphatic rings. The fraction of sp³-hybridized carbons (Fsp3) is 0.0435. The van der Waals surface area contributed by atoms with Crippen LogP contribution >= 0.6 is 0 Å². The Hall–Kier alpha value is -3.66. The second kappa shape index (κ2) is 7.30. The Labute approximate surface area is 157 Å². The first-order valence-corrected chi connectivity index (χ1v) is 8.68. The third kappa shape index (κ3) is 3.37. The second-order valence-corrected chi connectivity index (χ2v) is 6.18. The zero-order valence-corrected chi connectivity index (χ0v) is 14.5. The van der Waals surface area contributed by atoms with Crippen molar-refractivity contribution in [1.82, 2.24) is 0 Å². The minimum absolute atomic E-state index is 0.270. The summed E-state index contributed by atoms with van der Waals surface area (Å²) in [5, 5.41) is 0. The molecule has 0 unspecified atom stereocenters. The van der Waals surface area contributed by atoms with Crippen LogP contribution in [0.2, 0.25) is 0 Å². The van der Waals surface area contributed by atoms with Gasteiger partial charge in [0.15, 0.2) is 0 Å². The number of rotatable bonds is 4. The van der Waals surface area contributed by atoms with Crippen LogP contribution < -0.4 is 4.90 Å². The number of anilines is 1. The lowest BCUT2D eigenvalue weighted by atomic mass is 9.98. The fourth-order valence-electron chi connectivity index (χ4n) is 3.11. The van der Waals surface area contributed by atoms with Crippen molar-refractivity contribution >= 4 is 23.1 Å². The number of para-hydroxylation sites is 1. The van der Waals surface area contributed by atoms with E-state index in [-0.39, 0.29) is 5.88 Å². The Morgan fingerprint density at radius 3 is 1.93 bits per heavy atom. The predicted molar refractivity (Wildman–Crippen MR) is 104 cm³/mol. The van der Waals surface area contributed by atoms with Gasteiger partial charge in [0.25, 0.3) is 0 Å². The highest BCUT2D eigenvalue weighted by atomic mass is 16.6. The summed E-state index contributed by atoms with van der Waals surface area (Å²) in [4.78, 5) is 26.0. The van der Waals surface area contributed by atoms with Gasteiger partial charge in [0, 0.05) is 12.0 Å². The zero-order chi connectivity index (χ0) is 18.6. The summed E-state index contributed by atoms with van der Waals surface area (Å²) in [6, 6.07) is 28.6. The first-order chi connectivity index (χ1) is 13.2. The molecule has 27 heavy (non-hydrogen) atoms. The van der Waals surface area contributed by atoms with E-state index in [0.717, 1.165) is 16.7 Å². The molecular weight excluding hydrogens is 338 g/mol. The smallest absolute Gasteiger partial charge is 0.401 e. The van der Waals surface area contributed by atoms with E-state index in [9.17, 15) is 9.59 Å². The largest absolute Gasteiger partial charge is 0.404 e. The average Bonchev–Trinajstić information content (AvgIpc) is 3.02. The van der Waals surface area contributed by atoms with Gasteiger partial charge in [-0.05, 0) is 23.3 Å². The molecule has 3 aromatic rings. The number of carbonyl (C=O) groups excluding carboxylic acids is 2. The van der Waals surface area contributed by atoms with Crippen LogP contribution in [0, 0.1) is 0 Å². The van der Waals surface area contributed by atoms with Crippen molar-refractivity contribution in [3.63, 3.8) is 0 Å². The predicted octanol–water partition coefficient (Wildman–Crippen LogP) is 4.19. The molecule has 132 valence electrons. The molecule has 0 atom stereocenters. The molecule has 0 aliphatic carbocycles. The second-order valence-electron chi connectivity index (χ2n) is 6.18. The number of carbonyl (C=O) groups is 2. The summed E-state index contributed by atoms with van der Waals surface area (Å²) in [6.45, 7) is 0. The van der Waals surface area contributed by atoms with Gasteiger partial charge in [0.2, 0.25) is 5.88 Å². The van der Waals surface area contributed by atoms with Gasteiger partial charge in [-0.2, -0.15) is 0 Å². The normalized spacial score (nSPS) is 15.6. The highest BCUT2D eigenvalue weighted by molar-refractivity contribution is 6.41. The van der Waals surface area contributed by atoms with Crippen molar-refractivity contribution < 1.29 is 14.3 Å². The van der Waals surface area contributed by atoms with Crippen LogP contribution in [-0.4, -0.2) is 11.9 Å².